The van der Waals surface area contributed by atoms with E-state index in [-0.39, 0.29) is 5.57 Å². The molecule has 2 rings (SSSR count). The Labute approximate surface area is 139 Å². The first-order valence-corrected chi connectivity index (χ1v) is 7.53. The van der Waals surface area contributed by atoms with E-state index in [1.165, 1.54) is 19.9 Å². The van der Waals surface area contributed by atoms with E-state index >= 15 is 0 Å². The third-order valence-corrected chi connectivity index (χ3v) is 4.75. The zero-order valence-corrected chi connectivity index (χ0v) is 13.9. The summed E-state index contributed by atoms with van der Waals surface area (Å²) in [6.45, 7) is 4.48. The van der Waals surface area contributed by atoms with Gasteiger partial charge in [0.25, 0.3) is 0 Å². The number of rotatable bonds is 3. The number of hydrogen-bond donors (Lipinski definition) is 3. The first-order chi connectivity index (χ1) is 11.2. The van der Waals surface area contributed by atoms with Gasteiger partial charge < -0.3 is 29.5 Å². The molecule has 1 aliphatic carbocycles. The number of ether oxygens (including phenoxy) is 3. The van der Waals surface area contributed by atoms with Crippen LogP contribution in [-0.4, -0.2) is 58.5 Å². The minimum atomic E-state index is -1.84. The molecule has 0 aromatic carbocycles. The Hall–Kier alpha value is -1.90. The van der Waals surface area contributed by atoms with Crippen LogP contribution in [0.15, 0.2) is 23.5 Å². The van der Waals surface area contributed by atoms with Crippen LogP contribution in [-0.2, 0) is 23.8 Å². The fourth-order valence-electron chi connectivity index (χ4n) is 3.21. The summed E-state index contributed by atoms with van der Waals surface area (Å²) in [5, 5.41) is 31.1. The van der Waals surface area contributed by atoms with Crippen molar-refractivity contribution < 1.29 is 39.1 Å². The average Bonchev–Trinajstić information content (AvgIpc) is 2.75. The van der Waals surface area contributed by atoms with Crippen LogP contribution in [0.4, 0.5) is 0 Å². The van der Waals surface area contributed by atoms with Gasteiger partial charge in [0.1, 0.15) is 17.8 Å². The van der Waals surface area contributed by atoms with Crippen LogP contribution in [0.25, 0.3) is 0 Å². The van der Waals surface area contributed by atoms with Gasteiger partial charge in [-0.3, -0.25) is 0 Å². The predicted molar refractivity (Wildman–Crippen MR) is 80.1 cm³/mol. The second-order valence-corrected chi connectivity index (χ2v) is 6.16. The quantitative estimate of drug-likeness (QED) is 0.469. The normalized spacial score (nSPS) is 38.7. The van der Waals surface area contributed by atoms with Gasteiger partial charge in [0.2, 0.25) is 6.29 Å². The average molecular weight is 342 g/mol. The molecule has 2 aliphatic rings. The van der Waals surface area contributed by atoms with Gasteiger partial charge in [-0.05, 0) is 20.8 Å². The maximum atomic E-state index is 12.1. The number of methoxy groups -OCH3 is 1. The fourth-order valence-corrected chi connectivity index (χ4v) is 3.21. The summed E-state index contributed by atoms with van der Waals surface area (Å²) in [5.41, 5.74) is -1.56. The Balaban J connectivity index is 2.45. The SMILES string of the molecule is C/C=C(\C)C(=O)O[C@H]1[C@@H]2C(C(=O)OC)=COC(O)[C@@H]2[C@@](C)(O)[C@H]1O. The van der Waals surface area contributed by atoms with E-state index in [9.17, 15) is 24.9 Å². The minimum Gasteiger partial charge on any atom is -0.472 e. The number of carbonyl (C=O) groups is 2. The number of fused-ring (bicyclic) bond motifs is 1. The fraction of sp³-hybridized carbons (Fsp3) is 0.625. The van der Waals surface area contributed by atoms with E-state index in [4.69, 9.17) is 9.47 Å². The van der Waals surface area contributed by atoms with Crippen molar-refractivity contribution in [1.29, 1.82) is 0 Å². The second kappa shape index (κ2) is 6.54. The Morgan fingerprint density at radius 1 is 1.38 bits per heavy atom. The molecule has 1 saturated carbocycles. The van der Waals surface area contributed by atoms with Crippen LogP contribution in [0.2, 0.25) is 0 Å². The van der Waals surface area contributed by atoms with Crippen molar-refractivity contribution in [2.45, 2.75) is 44.9 Å². The molecule has 1 aliphatic heterocycles. The van der Waals surface area contributed by atoms with Crippen LogP contribution >= 0.6 is 0 Å². The number of aliphatic hydroxyl groups excluding tert-OH is 2. The molecule has 0 radical (unpaired) electrons. The molecular formula is C16H22O8. The molecule has 8 heteroatoms. The van der Waals surface area contributed by atoms with Crippen molar-refractivity contribution in [1.82, 2.24) is 0 Å². The molecule has 134 valence electrons. The third kappa shape index (κ3) is 2.81. The van der Waals surface area contributed by atoms with E-state index in [1.54, 1.807) is 6.92 Å². The molecule has 0 saturated heterocycles. The van der Waals surface area contributed by atoms with Gasteiger partial charge in [0, 0.05) is 11.5 Å². The molecule has 0 aromatic rings. The topological polar surface area (TPSA) is 123 Å². The highest BCUT2D eigenvalue weighted by Gasteiger charge is 2.64. The van der Waals surface area contributed by atoms with Crippen LogP contribution in [0.5, 0.6) is 0 Å². The second-order valence-electron chi connectivity index (χ2n) is 6.16. The van der Waals surface area contributed by atoms with Gasteiger partial charge in [-0.15, -0.1) is 0 Å². The number of esters is 2. The molecule has 6 atom stereocenters. The van der Waals surface area contributed by atoms with Crippen molar-refractivity contribution in [3.05, 3.63) is 23.5 Å². The predicted octanol–water partition coefficient (Wildman–Crippen LogP) is -0.372. The summed E-state index contributed by atoms with van der Waals surface area (Å²) in [5.74, 6) is -3.50. The molecule has 1 unspecified atom stereocenters. The van der Waals surface area contributed by atoms with Gasteiger partial charge in [0.05, 0.1) is 24.9 Å². The molecule has 0 spiro atoms. The largest absolute Gasteiger partial charge is 0.472 e. The third-order valence-electron chi connectivity index (χ3n) is 4.75. The first-order valence-electron chi connectivity index (χ1n) is 7.53. The summed E-state index contributed by atoms with van der Waals surface area (Å²) in [7, 11) is 1.16. The van der Waals surface area contributed by atoms with E-state index in [0.29, 0.717) is 5.57 Å². The van der Waals surface area contributed by atoms with Crippen LogP contribution < -0.4 is 0 Å². The van der Waals surface area contributed by atoms with E-state index in [0.717, 1.165) is 13.4 Å². The van der Waals surface area contributed by atoms with Crippen molar-refractivity contribution in [3.8, 4) is 0 Å². The molecule has 0 aromatic heterocycles. The summed E-state index contributed by atoms with van der Waals surface area (Å²) < 4.78 is 15.0. The van der Waals surface area contributed by atoms with Crippen molar-refractivity contribution in [2.75, 3.05) is 7.11 Å². The zero-order chi connectivity index (χ0) is 18.2. The van der Waals surface area contributed by atoms with Gasteiger partial charge in [0.15, 0.2) is 0 Å². The maximum absolute atomic E-state index is 12.1. The Morgan fingerprint density at radius 2 is 2.00 bits per heavy atom. The molecule has 1 fully saturated rings. The number of carbonyl (C=O) groups excluding carboxylic acids is 2. The first kappa shape index (κ1) is 18.4. The summed E-state index contributed by atoms with van der Waals surface area (Å²) >= 11 is 0. The number of allylic oxidation sites excluding steroid dienone is 1. The number of hydrogen-bond acceptors (Lipinski definition) is 8. The van der Waals surface area contributed by atoms with E-state index < -0.39 is 47.9 Å². The minimum absolute atomic E-state index is 0.0273. The molecule has 24 heavy (non-hydrogen) atoms. The summed E-state index contributed by atoms with van der Waals surface area (Å²) in [4.78, 5) is 24.1. The summed E-state index contributed by atoms with van der Waals surface area (Å²) in [6, 6.07) is 0. The van der Waals surface area contributed by atoms with Crippen LogP contribution in [0.3, 0.4) is 0 Å². The molecule has 8 nitrogen and oxygen atoms in total. The molecule has 0 bridgehead atoms. The molecule has 1 heterocycles. The highest BCUT2D eigenvalue weighted by molar-refractivity contribution is 5.90. The van der Waals surface area contributed by atoms with Crippen molar-refractivity contribution >= 4 is 11.9 Å². The Bertz CT molecular complexity index is 591. The van der Waals surface area contributed by atoms with Gasteiger partial charge >= 0.3 is 11.9 Å². The Morgan fingerprint density at radius 3 is 2.54 bits per heavy atom. The van der Waals surface area contributed by atoms with Crippen LogP contribution in [0, 0.1) is 11.8 Å². The number of aliphatic hydroxyl groups is 3. The lowest BCUT2D eigenvalue weighted by molar-refractivity contribution is -0.179. The lowest BCUT2D eigenvalue weighted by Gasteiger charge is -2.36. The monoisotopic (exact) mass is 342 g/mol. The van der Waals surface area contributed by atoms with Crippen molar-refractivity contribution in [3.63, 3.8) is 0 Å². The van der Waals surface area contributed by atoms with Crippen LogP contribution in [0.1, 0.15) is 20.8 Å². The zero-order valence-electron chi connectivity index (χ0n) is 13.9. The standard InChI is InChI=1S/C16H22O8/c1-5-7(2)13(18)24-11-9-8(14(19)22-4)6-23-15(20)10(9)16(3,21)12(11)17/h5-6,9-12,15,17,20-21H,1-4H3/b7-5+/t9-,10-,11+,12+,15?,16-/m1/s1. The summed E-state index contributed by atoms with van der Waals surface area (Å²) in [6.07, 6.45) is -1.69. The van der Waals surface area contributed by atoms with Gasteiger partial charge in [-0.1, -0.05) is 6.08 Å². The smallest absolute Gasteiger partial charge is 0.337 e. The highest BCUT2D eigenvalue weighted by atomic mass is 16.6. The van der Waals surface area contributed by atoms with Crippen molar-refractivity contribution in [2.24, 2.45) is 11.8 Å². The molecule has 3 N–H and O–H groups in total. The lowest BCUT2D eigenvalue weighted by atomic mass is 9.81. The van der Waals surface area contributed by atoms with E-state index in [2.05, 4.69) is 4.74 Å². The van der Waals surface area contributed by atoms with E-state index in [1.807, 2.05) is 0 Å². The maximum Gasteiger partial charge on any atom is 0.337 e. The Kier molecular flexibility index (Phi) is 5.03. The van der Waals surface area contributed by atoms with Gasteiger partial charge in [-0.25, -0.2) is 9.59 Å². The van der Waals surface area contributed by atoms with Gasteiger partial charge in [-0.2, -0.15) is 0 Å². The lowest BCUT2D eigenvalue weighted by Crippen LogP contribution is -2.48. The molecular weight excluding hydrogens is 320 g/mol. The highest BCUT2D eigenvalue weighted by Crippen LogP contribution is 2.49. The molecule has 0 amide bonds.